The number of hydrogen-bond acceptors (Lipinski definition) is 2. The Kier molecular flexibility index (Phi) is 5.71. The largest absolute Gasteiger partial charge is 0.488 e. The molecule has 0 spiro atoms. The third kappa shape index (κ3) is 4.24. The van der Waals surface area contributed by atoms with Crippen molar-refractivity contribution in [2.45, 2.75) is 70.4 Å². The van der Waals surface area contributed by atoms with E-state index in [-0.39, 0.29) is 12.1 Å². The van der Waals surface area contributed by atoms with Gasteiger partial charge in [-0.1, -0.05) is 63.6 Å². The summed E-state index contributed by atoms with van der Waals surface area (Å²) in [4.78, 5) is 0. The molecule has 0 saturated carbocycles. The van der Waals surface area contributed by atoms with E-state index in [1.807, 2.05) is 12.1 Å². The van der Waals surface area contributed by atoms with Crippen LogP contribution in [-0.2, 0) is 6.42 Å². The lowest BCUT2D eigenvalue weighted by Crippen LogP contribution is -2.37. The number of unbranched alkanes of at least 4 members (excludes halogenated alkanes) is 5. The van der Waals surface area contributed by atoms with Crippen molar-refractivity contribution in [1.29, 1.82) is 0 Å². The van der Waals surface area contributed by atoms with Gasteiger partial charge in [0.2, 0.25) is 0 Å². The zero-order chi connectivity index (χ0) is 13.5. The van der Waals surface area contributed by atoms with Gasteiger partial charge in [-0.15, -0.1) is 0 Å². The van der Waals surface area contributed by atoms with E-state index in [0.717, 1.165) is 18.6 Å². The molecule has 106 valence electrons. The zero-order valence-corrected chi connectivity index (χ0v) is 12.1. The highest BCUT2D eigenvalue weighted by Gasteiger charge is 2.27. The monoisotopic (exact) mass is 261 g/mol. The Morgan fingerprint density at radius 2 is 1.89 bits per heavy atom. The van der Waals surface area contributed by atoms with Crippen molar-refractivity contribution in [3.63, 3.8) is 0 Å². The Labute approximate surface area is 117 Å². The fourth-order valence-electron chi connectivity index (χ4n) is 2.79. The normalized spacial score (nSPS) is 18.9. The first-order valence-corrected chi connectivity index (χ1v) is 7.81. The molecule has 0 aliphatic carbocycles. The fourth-order valence-corrected chi connectivity index (χ4v) is 2.79. The summed E-state index contributed by atoms with van der Waals surface area (Å²) in [6.07, 6.45) is 10.2. The number of nitrogens with two attached hydrogens (primary N) is 1. The van der Waals surface area contributed by atoms with Crippen molar-refractivity contribution in [3.05, 3.63) is 29.8 Å². The molecule has 1 aromatic carbocycles. The van der Waals surface area contributed by atoms with Crippen LogP contribution in [0.5, 0.6) is 5.75 Å². The second-order valence-corrected chi connectivity index (χ2v) is 5.69. The SMILES string of the molecule is CCCCCCCCC(N)C1Cc2ccccc2O1. The van der Waals surface area contributed by atoms with Gasteiger partial charge in [-0.05, 0) is 18.1 Å². The van der Waals surface area contributed by atoms with Gasteiger partial charge < -0.3 is 10.5 Å². The van der Waals surface area contributed by atoms with Gasteiger partial charge in [0.05, 0.1) is 0 Å². The standard InChI is InChI=1S/C17H27NO/c1-2-3-4-5-6-7-11-15(18)17-13-14-10-8-9-12-16(14)19-17/h8-10,12,15,17H,2-7,11,13,18H2,1H3. The summed E-state index contributed by atoms with van der Waals surface area (Å²) < 4.78 is 5.94. The summed E-state index contributed by atoms with van der Waals surface area (Å²) in [5, 5.41) is 0. The minimum absolute atomic E-state index is 0.179. The van der Waals surface area contributed by atoms with Crippen molar-refractivity contribution >= 4 is 0 Å². The third-order valence-corrected chi connectivity index (χ3v) is 4.04. The molecule has 2 N–H and O–H groups in total. The molecular weight excluding hydrogens is 234 g/mol. The van der Waals surface area contributed by atoms with Crippen molar-refractivity contribution in [2.75, 3.05) is 0 Å². The maximum Gasteiger partial charge on any atom is 0.123 e. The Hall–Kier alpha value is -1.02. The number of benzene rings is 1. The molecule has 19 heavy (non-hydrogen) atoms. The summed E-state index contributed by atoms with van der Waals surface area (Å²) in [6, 6.07) is 8.47. The molecule has 2 rings (SSSR count). The van der Waals surface area contributed by atoms with Gasteiger partial charge in [0.15, 0.2) is 0 Å². The minimum Gasteiger partial charge on any atom is -0.488 e. The van der Waals surface area contributed by atoms with E-state index in [9.17, 15) is 0 Å². The Morgan fingerprint density at radius 1 is 1.16 bits per heavy atom. The second-order valence-electron chi connectivity index (χ2n) is 5.69. The molecule has 2 atom stereocenters. The van der Waals surface area contributed by atoms with Gasteiger partial charge in [0, 0.05) is 12.5 Å². The molecule has 1 aromatic rings. The van der Waals surface area contributed by atoms with Crippen molar-refractivity contribution in [2.24, 2.45) is 5.73 Å². The topological polar surface area (TPSA) is 35.2 Å². The summed E-state index contributed by atoms with van der Waals surface area (Å²) in [6.45, 7) is 2.25. The van der Waals surface area contributed by atoms with E-state index in [4.69, 9.17) is 10.5 Å². The van der Waals surface area contributed by atoms with E-state index in [1.165, 1.54) is 44.1 Å². The quantitative estimate of drug-likeness (QED) is 0.716. The maximum absolute atomic E-state index is 6.27. The Bertz CT molecular complexity index is 352. The molecule has 2 heteroatoms. The summed E-state index contributed by atoms with van der Waals surface area (Å²) in [7, 11) is 0. The van der Waals surface area contributed by atoms with Crippen molar-refractivity contribution in [1.82, 2.24) is 0 Å². The molecule has 2 unspecified atom stereocenters. The van der Waals surface area contributed by atoms with E-state index in [0.29, 0.717) is 0 Å². The van der Waals surface area contributed by atoms with E-state index < -0.39 is 0 Å². The number of hydrogen-bond donors (Lipinski definition) is 1. The average molecular weight is 261 g/mol. The van der Waals surface area contributed by atoms with E-state index in [2.05, 4.69) is 19.1 Å². The van der Waals surface area contributed by atoms with Crippen LogP contribution in [0.2, 0.25) is 0 Å². The van der Waals surface area contributed by atoms with E-state index >= 15 is 0 Å². The van der Waals surface area contributed by atoms with E-state index in [1.54, 1.807) is 0 Å². The lowest BCUT2D eigenvalue weighted by molar-refractivity contribution is 0.191. The molecule has 0 fully saturated rings. The molecule has 0 bridgehead atoms. The molecular formula is C17H27NO. The predicted molar refractivity (Wildman–Crippen MR) is 80.5 cm³/mol. The smallest absolute Gasteiger partial charge is 0.123 e. The first-order chi connectivity index (χ1) is 9.31. The van der Waals surface area contributed by atoms with Crippen LogP contribution in [0.15, 0.2) is 24.3 Å². The van der Waals surface area contributed by atoms with Crippen LogP contribution in [0.4, 0.5) is 0 Å². The maximum atomic E-state index is 6.27. The molecule has 0 saturated heterocycles. The van der Waals surface area contributed by atoms with Gasteiger partial charge in [-0.25, -0.2) is 0 Å². The highest BCUT2D eigenvalue weighted by molar-refractivity contribution is 5.37. The summed E-state index contributed by atoms with van der Waals surface area (Å²) in [5.41, 5.74) is 7.59. The van der Waals surface area contributed by atoms with Crippen LogP contribution in [0.3, 0.4) is 0 Å². The number of para-hydroxylation sites is 1. The third-order valence-electron chi connectivity index (χ3n) is 4.04. The molecule has 0 amide bonds. The Balaban J connectivity index is 1.64. The van der Waals surface area contributed by atoms with Gasteiger partial charge in [0.25, 0.3) is 0 Å². The molecule has 1 heterocycles. The minimum atomic E-state index is 0.179. The van der Waals surface area contributed by atoms with Crippen LogP contribution in [-0.4, -0.2) is 12.1 Å². The summed E-state index contributed by atoms with van der Waals surface area (Å²) >= 11 is 0. The average Bonchev–Trinajstić information content (AvgIpc) is 2.86. The van der Waals surface area contributed by atoms with Crippen molar-refractivity contribution < 1.29 is 4.74 Å². The highest BCUT2D eigenvalue weighted by Crippen LogP contribution is 2.30. The fraction of sp³-hybridized carbons (Fsp3) is 0.647. The van der Waals surface area contributed by atoms with Gasteiger partial charge in [0.1, 0.15) is 11.9 Å². The molecule has 0 radical (unpaired) electrons. The Morgan fingerprint density at radius 3 is 2.68 bits per heavy atom. The highest BCUT2D eigenvalue weighted by atomic mass is 16.5. The molecule has 0 aromatic heterocycles. The van der Waals surface area contributed by atoms with Gasteiger partial charge in [-0.2, -0.15) is 0 Å². The second kappa shape index (κ2) is 7.54. The molecule has 1 aliphatic rings. The molecule has 1 aliphatic heterocycles. The van der Waals surface area contributed by atoms with Crippen LogP contribution in [0, 0.1) is 0 Å². The van der Waals surface area contributed by atoms with Crippen LogP contribution in [0.25, 0.3) is 0 Å². The van der Waals surface area contributed by atoms with Gasteiger partial charge in [-0.3, -0.25) is 0 Å². The van der Waals surface area contributed by atoms with Crippen LogP contribution in [0.1, 0.15) is 57.4 Å². The first-order valence-electron chi connectivity index (χ1n) is 7.81. The first kappa shape index (κ1) is 14.4. The number of rotatable bonds is 8. The van der Waals surface area contributed by atoms with Crippen molar-refractivity contribution in [3.8, 4) is 5.75 Å². The van der Waals surface area contributed by atoms with Crippen LogP contribution < -0.4 is 10.5 Å². The zero-order valence-electron chi connectivity index (χ0n) is 12.1. The lowest BCUT2D eigenvalue weighted by atomic mass is 9.99. The molecule has 2 nitrogen and oxygen atoms in total. The number of ether oxygens (including phenoxy) is 1. The summed E-state index contributed by atoms with van der Waals surface area (Å²) in [5.74, 6) is 1.03. The van der Waals surface area contributed by atoms with Gasteiger partial charge >= 0.3 is 0 Å². The van der Waals surface area contributed by atoms with Crippen LogP contribution >= 0.6 is 0 Å². The lowest BCUT2D eigenvalue weighted by Gasteiger charge is -2.19. The predicted octanol–water partition coefficient (Wildman–Crippen LogP) is 4.07. The number of fused-ring (bicyclic) bond motifs is 1.